The number of methoxy groups -OCH3 is 2. The molecule has 3 rings (SSSR count). The Labute approximate surface area is 147 Å². The van der Waals surface area contributed by atoms with Crippen LogP contribution in [0.5, 0.6) is 11.8 Å². The number of aromatic nitrogens is 2. The second-order valence-corrected chi connectivity index (χ2v) is 5.83. The second-order valence-electron chi connectivity index (χ2n) is 5.83. The maximum Gasteiger partial charge on any atom is 0.322 e. The van der Waals surface area contributed by atoms with E-state index < -0.39 is 0 Å². The zero-order valence-electron chi connectivity index (χ0n) is 14.4. The molecule has 1 fully saturated rings. The molecule has 0 saturated carbocycles. The molecule has 3 heterocycles. The van der Waals surface area contributed by atoms with Crippen molar-refractivity contribution in [3.63, 3.8) is 0 Å². The van der Waals surface area contributed by atoms with Gasteiger partial charge in [0.1, 0.15) is 5.69 Å². The molecule has 1 atom stereocenters. The van der Waals surface area contributed by atoms with E-state index in [1.165, 1.54) is 14.2 Å². The Bertz CT molecular complexity index is 724. The van der Waals surface area contributed by atoms with Crippen molar-refractivity contribution in [2.24, 2.45) is 0 Å². The van der Waals surface area contributed by atoms with Gasteiger partial charge in [0.15, 0.2) is 0 Å². The van der Waals surface area contributed by atoms with Crippen LogP contribution < -0.4 is 14.8 Å². The smallest absolute Gasteiger partial charge is 0.322 e. The molecule has 0 aromatic carbocycles. The van der Waals surface area contributed by atoms with Crippen molar-refractivity contribution in [2.45, 2.75) is 25.3 Å². The molecule has 25 heavy (non-hydrogen) atoms. The molecule has 2 amide bonds. The summed E-state index contributed by atoms with van der Waals surface area (Å²) in [6.45, 7) is 0.706. The first kappa shape index (κ1) is 17.0. The number of hydrogen-bond donors (Lipinski definition) is 1. The maximum absolute atomic E-state index is 12.9. The van der Waals surface area contributed by atoms with Gasteiger partial charge in [0.05, 0.1) is 20.3 Å². The van der Waals surface area contributed by atoms with Crippen LogP contribution in [-0.2, 0) is 0 Å². The van der Waals surface area contributed by atoms with Crippen molar-refractivity contribution in [3.8, 4) is 11.8 Å². The Balaban J connectivity index is 1.79. The summed E-state index contributed by atoms with van der Waals surface area (Å²) < 4.78 is 10.3. The molecule has 1 aliphatic rings. The molecule has 7 nitrogen and oxygen atoms in total. The summed E-state index contributed by atoms with van der Waals surface area (Å²) in [5.41, 5.74) is 1.57. The summed E-state index contributed by atoms with van der Waals surface area (Å²) in [5, 5.41) is 2.91. The van der Waals surface area contributed by atoms with Gasteiger partial charge in [-0.25, -0.2) is 4.79 Å². The minimum atomic E-state index is -0.168. The Morgan fingerprint density at radius 2 is 2.12 bits per heavy atom. The van der Waals surface area contributed by atoms with Crippen LogP contribution in [0.15, 0.2) is 36.7 Å². The number of rotatable bonds is 4. The van der Waals surface area contributed by atoms with Gasteiger partial charge in [-0.1, -0.05) is 6.07 Å². The topological polar surface area (TPSA) is 76.6 Å². The number of carbonyl (C=O) groups excluding carboxylic acids is 1. The normalized spacial score (nSPS) is 17.0. The van der Waals surface area contributed by atoms with Crippen molar-refractivity contribution in [1.82, 2.24) is 14.9 Å². The molecule has 0 aliphatic carbocycles. The van der Waals surface area contributed by atoms with E-state index in [1.807, 2.05) is 23.2 Å². The predicted molar refractivity (Wildman–Crippen MR) is 93.9 cm³/mol. The zero-order chi connectivity index (χ0) is 17.6. The fourth-order valence-corrected chi connectivity index (χ4v) is 3.07. The Morgan fingerprint density at radius 1 is 1.24 bits per heavy atom. The summed E-state index contributed by atoms with van der Waals surface area (Å²) in [7, 11) is 3.04. The molecular formula is C18H22N4O3. The molecular weight excluding hydrogens is 320 g/mol. The van der Waals surface area contributed by atoms with Gasteiger partial charge in [0.25, 0.3) is 0 Å². The van der Waals surface area contributed by atoms with Crippen molar-refractivity contribution in [2.75, 3.05) is 26.1 Å². The molecule has 132 valence electrons. The highest BCUT2D eigenvalue weighted by molar-refractivity contribution is 5.91. The number of carbonyl (C=O) groups is 1. The average Bonchev–Trinajstić information content (AvgIpc) is 2.69. The predicted octanol–water partition coefficient (Wildman–Crippen LogP) is 3.25. The number of pyridine rings is 2. The number of hydrogen-bond acceptors (Lipinski definition) is 5. The lowest BCUT2D eigenvalue weighted by Crippen LogP contribution is -2.41. The molecule has 1 saturated heterocycles. The van der Waals surface area contributed by atoms with Crippen molar-refractivity contribution in [3.05, 3.63) is 42.2 Å². The zero-order valence-corrected chi connectivity index (χ0v) is 14.4. The van der Waals surface area contributed by atoms with Crippen LogP contribution in [0.25, 0.3) is 0 Å². The summed E-state index contributed by atoms with van der Waals surface area (Å²) in [6, 6.07) is 7.19. The number of anilines is 1. The number of nitrogens with zero attached hydrogens (tertiary/aromatic N) is 3. The monoisotopic (exact) mass is 342 g/mol. The maximum atomic E-state index is 12.9. The lowest BCUT2D eigenvalue weighted by molar-refractivity contribution is 0.163. The van der Waals surface area contributed by atoms with E-state index in [-0.39, 0.29) is 12.1 Å². The molecule has 1 unspecified atom stereocenters. The average molecular weight is 342 g/mol. The highest BCUT2D eigenvalue weighted by Crippen LogP contribution is 2.32. The van der Waals surface area contributed by atoms with Crippen molar-refractivity contribution in [1.29, 1.82) is 0 Å². The summed E-state index contributed by atoms with van der Waals surface area (Å²) >= 11 is 0. The molecule has 1 aliphatic heterocycles. The molecule has 2 aromatic rings. The number of urea groups is 1. The van der Waals surface area contributed by atoms with Crippen LogP contribution in [0.1, 0.15) is 30.9 Å². The van der Waals surface area contributed by atoms with Gasteiger partial charge in [-0.3, -0.25) is 4.98 Å². The molecule has 0 bridgehead atoms. The summed E-state index contributed by atoms with van der Waals surface area (Å²) in [5.74, 6) is 0.753. The van der Waals surface area contributed by atoms with Crippen LogP contribution in [0, 0.1) is 0 Å². The number of amides is 2. The minimum absolute atomic E-state index is 0.0275. The lowest BCUT2D eigenvalue weighted by atomic mass is 9.97. The summed E-state index contributed by atoms with van der Waals surface area (Å²) in [4.78, 5) is 23.1. The molecule has 7 heteroatoms. The van der Waals surface area contributed by atoms with Crippen LogP contribution in [-0.4, -0.2) is 41.7 Å². The van der Waals surface area contributed by atoms with E-state index in [0.29, 0.717) is 24.0 Å². The van der Waals surface area contributed by atoms with E-state index in [0.717, 1.165) is 24.8 Å². The van der Waals surface area contributed by atoms with Gasteiger partial charge in [0.2, 0.25) is 11.8 Å². The Morgan fingerprint density at radius 3 is 2.84 bits per heavy atom. The highest BCUT2D eigenvalue weighted by atomic mass is 16.5. The van der Waals surface area contributed by atoms with Gasteiger partial charge in [-0.05, 0) is 37.0 Å². The van der Waals surface area contributed by atoms with Crippen molar-refractivity contribution < 1.29 is 14.3 Å². The fraction of sp³-hybridized carbons (Fsp3) is 0.389. The fourth-order valence-electron chi connectivity index (χ4n) is 3.07. The SMILES string of the molecule is COc1ccc(NC(=O)N2CCCCC2c2cccnc2)c(OC)n1. The number of nitrogens with one attached hydrogen (secondary N) is 1. The molecule has 2 aromatic heterocycles. The highest BCUT2D eigenvalue weighted by Gasteiger charge is 2.28. The third-order valence-electron chi connectivity index (χ3n) is 4.31. The van der Waals surface area contributed by atoms with Gasteiger partial charge in [-0.2, -0.15) is 4.98 Å². The number of ether oxygens (including phenoxy) is 2. The van der Waals surface area contributed by atoms with Crippen LogP contribution in [0.2, 0.25) is 0 Å². The van der Waals surface area contributed by atoms with E-state index >= 15 is 0 Å². The van der Waals surface area contributed by atoms with E-state index in [1.54, 1.807) is 18.3 Å². The molecule has 0 spiro atoms. The molecule has 0 radical (unpaired) electrons. The standard InChI is InChI=1S/C18H22N4O3/c1-24-16-9-8-14(17(21-16)25-2)20-18(23)22-11-4-3-7-15(22)13-6-5-10-19-12-13/h5-6,8-10,12,15H,3-4,7,11H2,1-2H3,(H,20,23). The van der Waals surface area contributed by atoms with Gasteiger partial charge in [0, 0.05) is 25.0 Å². The first-order valence-corrected chi connectivity index (χ1v) is 8.29. The molecule has 1 N–H and O–H groups in total. The van der Waals surface area contributed by atoms with Crippen LogP contribution in [0.4, 0.5) is 10.5 Å². The van der Waals surface area contributed by atoms with Crippen LogP contribution in [0.3, 0.4) is 0 Å². The van der Waals surface area contributed by atoms with Crippen LogP contribution >= 0.6 is 0 Å². The minimum Gasteiger partial charge on any atom is -0.481 e. The Kier molecular flexibility index (Phi) is 5.33. The third-order valence-corrected chi connectivity index (χ3v) is 4.31. The van der Waals surface area contributed by atoms with Crippen molar-refractivity contribution >= 4 is 11.7 Å². The number of likely N-dealkylation sites (tertiary alicyclic amines) is 1. The van der Waals surface area contributed by atoms with Gasteiger partial charge >= 0.3 is 6.03 Å². The third kappa shape index (κ3) is 3.81. The Hall–Kier alpha value is -2.83. The first-order valence-electron chi connectivity index (χ1n) is 8.29. The van der Waals surface area contributed by atoms with Gasteiger partial charge in [-0.15, -0.1) is 0 Å². The van der Waals surface area contributed by atoms with Gasteiger partial charge < -0.3 is 19.7 Å². The first-order chi connectivity index (χ1) is 12.2. The lowest BCUT2D eigenvalue weighted by Gasteiger charge is -2.35. The number of piperidine rings is 1. The quantitative estimate of drug-likeness (QED) is 0.923. The summed E-state index contributed by atoms with van der Waals surface area (Å²) in [6.07, 6.45) is 6.58. The largest absolute Gasteiger partial charge is 0.481 e. The second kappa shape index (κ2) is 7.83. The van der Waals surface area contributed by atoms with E-state index in [2.05, 4.69) is 15.3 Å². The van der Waals surface area contributed by atoms with E-state index in [4.69, 9.17) is 9.47 Å². The van der Waals surface area contributed by atoms with E-state index in [9.17, 15) is 4.79 Å².